The van der Waals surface area contributed by atoms with Crippen LogP contribution in [0.2, 0.25) is 0 Å². The highest BCUT2D eigenvalue weighted by molar-refractivity contribution is 8.00. The van der Waals surface area contributed by atoms with E-state index in [1.807, 2.05) is 4.57 Å². The average Bonchev–Trinajstić information content (AvgIpc) is 3.30. The molecule has 0 bridgehead atoms. The van der Waals surface area contributed by atoms with Crippen molar-refractivity contribution in [2.24, 2.45) is 0 Å². The van der Waals surface area contributed by atoms with Crippen LogP contribution in [-0.2, 0) is 28.9 Å². The van der Waals surface area contributed by atoms with E-state index in [9.17, 15) is 14.4 Å². The number of hydrogen-bond donors (Lipinski definition) is 1. The molecule has 8 nitrogen and oxygen atoms in total. The molecule has 33 heavy (non-hydrogen) atoms. The molecule has 4 rings (SSSR count). The lowest BCUT2D eigenvalue weighted by Crippen LogP contribution is -2.37. The van der Waals surface area contributed by atoms with Gasteiger partial charge in [-0.15, -0.1) is 0 Å². The number of amides is 1. The molecule has 1 aromatic heterocycles. The highest BCUT2D eigenvalue weighted by Crippen LogP contribution is 2.29. The van der Waals surface area contributed by atoms with Crippen molar-refractivity contribution in [1.82, 2.24) is 14.5 Å². The predicted octanol–water partition coefficient (Wildman–Crippen LogP) is 2.39. The molecule has 2 heterocycles. The summed E-state index contributed by atoms with van der Waals surface area (Å²) in [5.41, 5.74) is 3.22. The van der Waals surface area contributed by atoms with Crippen molar-refractivity contribution in [2.75, 3.05) is 43.9 Å². The standard InChI is InChI=1S/C24H30N4O4S/c1-17(29)18-6-8-19(9-7-18)25-22(30)16-33-23-20-4-2-5-21(20)28(24(31)26-23)11-3-10-27-12-14-32-15-13-27/h6-9H,2-5,10-16H2,1H3,(H,25,30). The van der Waals surface area contributed by atoms with Crippen LogP contribution in [0.4, 0.5) is 5.69 Å². The number of nitrogens with zero attached hydrogens (tertiary/aromatic N) is 3. The molecule has 2 aliphatic rings. The van der Waals surface area contributed by atoms with Crippen molar-refractivity contribution in [3.63, 3.8) is 0 Å². The lowest BCUT2D eigenvalue weighted by Gasteiger charge is -2.26. The van der Waals surface area contributed by atoms with Gasteiger partial charge in [0.2, 0.25) is 5.91 Å². The van der Waals surface area contributed by atoms with Gasteiger partial charge in [0.05, 0.1) is 19.0 Å². The van der Waals surface area contributed by atoms with Crippen LogP contribution < -0.4 is 11.0 Å². The first kappa shape index (κ1) is 23.7. The minimum Gasteiger partial charge on any atom is -0.379 e. The molecule has 1 aliphatic carbocycles. The summed E-state index contributed by atoms with van der Waals surface area (Å²) in [5, 5.41) is 3.51. The Labute approximate surface area is 197 Å². The number of aromatic nitrogens is 2. The molecule has 1 N–H and O–H groups in total. The summed E-state index contributed by atoms with van der Waals surface area (Å²) in [4.78, 5) is 43.3. The lowest BCUT2D eigenvalue weighted by atomic mass is 10.1. The fraction of sp³-hybridized carbons (Fsp3) is 0.500. The van der Waals surface area contributed by atoms with Gasteiger partial charge >= 0.3 is 5.69 Å². The Hall–Kier alpha value is -2.49. The largest absolute Gasteiger partial charge is 0.379 e. The number of morpholine rings is 1. The molecule has 0 spiro atoms. The SMILES string of the molecule is CC(=O)c1ccc(NC(=O)CSc2nc(=O)n(CCCN3CCOCC3)c3c2CCC3)cc1. The number of nitrogens with one attached hydrogen (secondary N) is 1. The van der Waals surface area contributed by atoms with E-state index in [1.54, 1.807) is 24.3 Å². The van der Waals surface area contributed by atoms with Crippen molar-refractivity contribution in [1.29, 1.82) is 0 Å². The number of rotatable bonds is 9. The van der Waals surface area contributed by atoms with Gasteiger partial charge in [-0.05, 0) is 56.9 Å². The second kappa shape index (κ2) is 11.1. The molecular formula is C24H30N4O4S. The Morgan fingerprint density at radius 3 is 2.61 bits per heavy atom. The first-order valence-corrected chi connectivity index (χ1v) is 12.5. The van der Waals surface area contributed by atoms with E-state index in [1.165, 1.54) is 18.7 Å². The number of Topliss-reactive ketones (excluding diaryl/α,β-unsaturated/α-hetero) is 1. The Bertz CT molecular complexity index is 1060. The van der Waals surface area contributed by atoms with Gasteiger partial charge < -0.3 is 10.1 Å². The van der Waals surface area contributed by atoms with E-state index in [0.717, 1.165) is 69.8 Å². The summed E-state index contributed by atoms with van der Waals surface area (Å²) in [6.45, 7) is 6.59. The second-order valence-electron chi connectivity index (χ2n) is 8.41. The van der Waals surface area contributed by atoms with Gasteiger partial charge in [0.15, 0.2) is 5.78 Å². The zero-order chi connectivity index (χ0) is 23.2. The number of fused-ring (bicyclic) bond motifs is 1. The van der Waals surface area contributed by atoms with Crippen LogP contribution in [0.25, 0.3) is 0 Å². The van der Waals surface area contributed by atoms with Crippen molar-refractivity contribution in [2.45, 2.75) is 44.2 Å². The summed E-state index contributed by atoms with van der Waals surface area (Å²) < 4.78 is 7.23. The minimum atomic E-state index is -0.222. The monoisotopic (exact) mass is 470 g/mol. The first-order valence-electron chi connectivity index (χ1n) is 11.5. The van der Waals surface area contributed by atoms with Crippen LogP contribution in [-0.4, -0.2) is 64.7 Å². The number of ketones is 1. The Morgan fingerprint density at radius 1 is 1.12 bits per heavy atom. The van der Waals surface area contributed by atoms with Gasteiger partial charge in [-0.2, -0.15) is 4.98 Å². The minimum absolute atomic E-state index is 0.0146. The quantitative estimate of drug-likeness (QED) is 0.342. The van der Waals surface area contributed by atoms with E-state index in [-0.39, 0.29) is 23.1 Å². The number of anilines is 1. The summed E-state index contributed by atoms with van der Waals surface area (Å²) in [5.74, 6) is -0.00742. The third-order valence-corrected chi connectivity index (χ3v) is 7.09. The molecule has 1 fully saturated rings. The fourth-order valence-corrected chi connectivity index (χ4v) is 5.21. The highest BCUT2D eigenvalue weighted by Gasteiger charge is 2.22. The predicted molar refractivity (Wildman–Crippen MR) is 128 cm³/mol. The van der Waals surface area contributed by atoms with Crippen LogP contribution in [0.15, 0.2) is 34.1 Å². The average molecular weight is 471 g/mol. The maximum atomic E-state index is 12.8. The third kappa shape index (κ3) is 6.10. The fourth-order valence-electron chi connectivity index (χ4n) is 4.33. The molecule has 1 aromatic carbocycles. The summed E-state index contributed by atoms with van der Waals surface area (Å²) in [6.07, 6.45) is 3.69. The van der Waals surface area contributed by atoms with Gasteiger partial charge in [-0.3, -0.25) is 19.1 Å². The molecule has 0 atom stereocenters. The van der Waals surface area contributed by atoms with Crippen LogP contribution >= 0.6 is 11.8 Å². The number of carbonyl (C=O) groups is 2. The second-order valence-corrected chi connectivity index (χ2v) is 9.37. The van der Waals surface area contributed by atoms with Gasteiger partial charge in [0.25, 0.3) is 0 Å². The van der Waals surface area contributed by atoms with Gasteiger partial charge in [0, 0.05) is 48.7 Å². The van der Waals surface area contributed by atoms with E-state index >= 15 is 0 Å². The molecule has 1 saturated heterocycles. The van der Waals surface area contributed by atoms with Crippen molar-refractivity contribution in [3.8, 4) is 0 Å². The third-order valence-electron chi connectivity index (χ3n) is 6.08. The van der Waals surface area contributed by atoms with Crippen LogP contribution in [0.1, 0.15) is 41.4 Å². The van der Waals surface area contributed by atoms with E-state index in [4.69, 9.17) is 4.74 Å². The molecule has 9 heteroatoms. The van der Waals surface area contributed by atoms with Crippen molar-refractivity contribution >= 4 is 29.1 Å². The molecule has 2 aromatic rings. The van der Waals surface area contributed by atoms with E-state index in [2.05, 4.69) is 15.2 Å². The molecule has 0 unspecified atom stereocenters. The number of ether oxygens (including phenoxy) is 1. The van der Waals surface area contributed by atoms with Crippen molar-refractivity contribution < 1.29 is 14.3 Å². The van der Waals surface area contributed by atoms with Gasteiger partial charge in [-0.25, -0.2) is 4.79 Å². The number of thioether (sulfide) groups is 1. The molecule has 1 aliphatic heterocycles. The van der Waals surface area contributed by atoms with Gasteiger partial charge in [-0.1, -0.05) is 11.8 Å². The van der Waals surface area contributed by atoms with Crippen LogP contribution in [0, 0.1) is 0 Å². The molecule has 0 saturated carbocycles. The van der Waals surface area contributed by atoms with Crippen molar-refractivity contribution in [3.05, 3.63) is 51.6 Å². The Morgan fingerprint density at radius 2 is 1.88 bits per heavy atom. The number of benzene rings is 1. The van der Waals surface area contributed by atoms with E-state index in [0.29, 0.717) is 22.8 Å². The maximum absolute atomic E-state index is 12.8. The zero-order valence-electron chi connectivity index (χ0n) is 19.0. The molecular weight excluding hydrogens is 440 g/mol. The normalized spacial score (nSPS) is 15.9. The highest BCUT2D eigenvalue weighted by atomic mass is 32.2. The number of hydrogen-bond acceptors (Lipinski definition) is 7. The summed E-state index contributed by atoms with van der Waals surface area (Å²) in [7, 11) is 0. The molecule has 0 radical (unpaired) electrons. The number of carbonyl (C=O) groups excluding carboxylic acids is 2. The zero-order valence-corrected chi connectivity index (χ0v) is 19.8. The van der Waals surface area contributed by atoms with E-state index < -0.39 is 0 Å². The Kier molecular flexibility index (Phi) is 7.95. The Balaban J connectivity index is 1.35. The maximum Gasteiger partial charge on any atom is 0.348 e. The summed E-state index contributed by atoms with van der Waals surface area (Å²) in [6, 6.07) is 6.82. The topological polar surface area (TPSA) is 93.5 Å². The molecule has 1 amide bonds. The lowest BCUT2D eigenvalue weighted by molar-refractivity contribution is -0.113. The smallest absolute Gasteiger partial charge is 0.348 e. The summed E-state index contributed by atoms with van der Waals surface area (Å²) >= 11 is 1.32. The first-order chi connectivity index (χ1) is 16.0. The van der Waals surface area contributed by atoms with Crippen LogP contribution in [0.5, 0.6) is 0 Å². The van der Waals surface area contributed by atoms with Gasteiger partial charge in [0.1, 0.15) is 5.03 Å². The van der Waals surface area contributed by atoms with Crippen LogP contribution in [0.3, 0.4) is 0 Å². The molecule has 176 valence electrons.